The van der Waals surface area contributed by atoms with E-state index >= 15 is 0 Å². The van der Waals surface area contributed by atoms with Gasteiger partial charge in [-0.15, -0.1) is 11.8 Å². The molecule has 0 atom stereocenters. The fraction of sp³-hybridized carbons (Fsp3) is 0.0833. The molecule has 6 heteroatoms. The molecule has 2 rings (SSSR count). The van der Waals surface area contributed by atoms with Crippen LogP contribution in [0.25, 0.3) is 0 Å². The summed E-state index contributed by atoms with van der Waals surface area (Å²) in [6.45, 7) is 0. The second-order valence-electron chi connectivity index (χ2n) is 3.44. The topological polar surface area (TPSA) is 73.3 Å². The van der Waals surface area contributed by atoms with Crippen LogP contribution in [0.4, 0.5) is 5.69 Å². The van der Waals surface area contributed by atoms with E-state index in [0.717, 1.165) is 4.90 Å². The van der Waals surface area contributed by atoms with Gasteiger partial charge in [-0.05, 0) is 24.3 Å². The molecule has 92 valence electrons. The summed E-state index contributed by atoms with van der Waals surface area (Å²) >= 11 is 1.32. The number of nitro benzene ring substituents is 1. The van der Waals surface area contributed by atoms with Gasteiger partial charge in [-0.1, -0.05) is 0 Å². The zero-order chi connectivity index (χ0) is 13.0. The zero-order valence-electron chi connectivity index (χ0n) is 9.24. The summed E-state index contributed by atoms with van der Waals surface area (Å²) in [7, 11) is 0. The Bertz CT molecular complexity index is 548. The molecule has 0 aliphatic rings. The van der Waals surface area contributed by atoms with Gasteiger partial charge >= 0.3 is 0 Å². The number of non-ortho nitro benzene ring substituents is 1. The lowest BCUT2D eigenvalue weighted by molar-refractivity contribution is -0.384. The Kier molecular flexibility index (Phi) is 3.78. The van der Waals surface area contributed by atoms with E-state index in [1.165, 1.54) is 30.2 Å². The van der Waals surface area contributed by atoms with Crippen molar-refractivity contribution in [3.63, 3.8) is 0 Å². The summed E-state index contributed by atoms with van der Waals surface area (Å²) in [4.78, 5) is 22.4. The van der Waals surface area contributed by atoms with Crippen molar-refractivity contribution in [3.05, 3.63) is 58.5 Å². The van der Waals surface area contributed by atoms with Crippen molar-refractivity contribution >= 4 is 23.2 Å². The third-order valence-electron chi connectivity index (χ3n) is 2.21. The molecule has 0 radical (unpaired) electrons. The molecule has 5 nitrogen and oxygen atoms in total. The summed E-state index contributed by atoms with van der Waals surface area (Å²) in [6.07, 6.45) is 1.45. The van der Waals surface area contributed by atoms with Gasteiger partial charge < -0.3 is 4.42 Å². The molecule has 0 saturated carbocycles. The van der Waals surface area contributed by atoms with Gasteiger partial charge in [-0.25, -0.2) is 0 Å². The lowest BCUT2D eigenvalue weighted by Gasteiger charge is -1.99. The smallest absolute Gasteiger partial charge is 0.269 e. The highest BCUT2D eigenvalue weighted by atomic mass is 32.2. The van der Waals surface area contributed by atoms with Crippen LogP contribution in [-0.4, -0.2) is 16.5 Å². The lowest BCUT2D eigenvalue weighted by atomic mass is 10.3. The van der Waals surface area contributed by atoms with E-state index in [-0.39, 0.29) is 17.2 Å². The molecule has 0 fully saturated rings. The fourth-order valence-corrected chi connectivity index (χ4v) is 2.09. The number of nitrogens with zero attached hydrogens (tertiary/aromatic N) is 1. The molecular formula is C12H9NO4S. The first-order chi connectivity index (χ1) is 8.66. The maximum atomic E-state index is 11.6. The van der Waals surface area contributed by atoms with E-state index in [1.807, 2.05) is 0 Å². The van der Waals surface area contributed by atoms with E-state index in [2.05, 4.69) is 0 Å². The molecule has 0 N–H and O–H groups in total. The molecule has 0 spiro atoms. The largest absolute Gasteiger partial charge is 0.461 e. The van der Waals surface area contributed by atoms with Crippen LogP contribution >= 0.6 is 11.8 Å². The first kappa shape index (κ1) is 12.4. The molecule has 0 aliphatic carbocycles. The number of Topliss-reactive ketones (excluding diaryl/α,β-unsaturated/α-hetero) is 1. The van der Waals surface area contributed by atoms with E-state index in [4.69, 9.17) is 4.42 Å². The summed E-state index contributed by atoms with van der Waals surface area (Å²) < 4.78 is 4.98. The van der Waals surface area contributed by atoms with Crippen molar-refractivity contribution in [1.82, 2.24) is 0 Å². The van der Waals surface area contributed by atoms with Crippen molar-refractivity contribution in [1.29, 1.82) is 0 Å². The van der Waals surface area contributed by atoms with Crippen LogP contribution in [0.3, 0.4) is 0 Å². The Morgan fingerprint density at radius 1 is 1.28 bits per heavy atom. The predicted molar refractivity (Wildman–Crippen MR) is 66.9 cm³/mol. The SMILES string of the molecule is O=C(CSc1ccc([N+](=O)[O-])cc1)c1ccco1. The van der Waals surface area contributed by atoms with Crippen molar-refractivity contribution in [2.45, 2.75) is 4.90 Å². The zero-order valence-corrected chi connectivity index (χ0v) is 10.1. The number of carbonyl (C=O) groups excluding carboxylic acids is 1. The minimum atomic E-state index is -0.456. The molecule has 1 aromatic heterocycles. The second kappa shape index (κ2) is 5.50. The number of furan rings is 1. The number of carbonyl (C=O) groups is 1. The fourth-order valence-electron chi connectivity index (χ4n) is 1.32. The van der Waals surface area contributed by atoms with Gasteiger partial charge in [0.25, 0.3) is 5.69 Å². The van der Waals surface area contributed by atoms with E-state index in [0.29, 0.717) is 5.76 Å². The normalized spacial score (nSPS) is 10.2. The number of nitro groups is 1. The lowest BCUT2D eigenvalue weighted by Crippen LogP contribution is -2.00. The van der Waals surface area contributed by atoms with Crippen LogP contribution in [-0.2, 0) is 0 Å². The second-order valence-corrected chi connectivity index (χ2v) is 4.49. The number of thioether (sulfide) groups is 1. The molecule has 2 aromatic rings. The van der Waals surface area contributed by atoms with Crippen molar-refractivity contribution < 1.29 is 14.1 Å². The Labute approximate surface area is 107 Å². The van der Waals surface area contributed by atoms with Crippen molar-refractivity contribution in [3.8, 4) is 0 Å². The average molecular weight is 263 g/mol. The Balaban J connectivity index is 1.94. The molecule has 0 saturated heterocycles. The van der Waals surface area contributed by atoms with Gasteiger partial charge in [0, 0.05) is 17.0 Å². The highest BCUT2D eigenvalue weighted by Crippen LogP contribution is 2.22. The number of benzene rings is 1. The van der Waals surface area contributed by atoms with Crippen LogP contribution in [0.15, 0.2) is 52.0 Å². The standard InChI is InChI=1S/C12H9NO4S/c14-11(12-2-1-7-17-12)8-18-10-5-3-9(4-6-10)13(15)16/h1-7H,8H2. The van der Waals surface area contributed by atoms with Gasteiger partial charge in [0.2, 0.25) is 5.78 Å². The third kappa shape index (κ3) is 2.98. The molecule has 1 heterocycles. The van der Waals surface area contributed by atoms with Crippen molar-refractivity contribution in [2.24, 2.45) is 0 Å². The molecule has 0 bridgehead atoms. The Morgan fingerprint density at radius 3 is 2.56 bits per heavy atom. The average Bonchev–Trinajstić information content (AvgIpc) is 2.90. The first-order valence-electron chi connectivity index (χ1n) is 5.11. The van der Waals surface area contributed by atoms with E-state index < -0.39 is 4.92 Å². The molecule has 18 heavy (non-hydrogen) atoms. The van der Waals surface area contributed by atoms with Gasteiger partial charge in [-0.3, -0.25) is 14.9 Å². The quantitative estimate of drug-likeness (QED) is 0.358. The molecule has 0 amide bonds. The monoisotopic (exact) mass is 263 g/mol. The number of ketones is 1. The van der Waals surface area contributed by atoms with Crippen molar-refractivity contribution in [2.75, 3.05) is 5.75 Å². The Morgan fingerprint density at radius 2 is 2.00 bits per heavy atom. The first-order valence-corrected chi connectivity index (χ1v) is 6.09. The van der Waals surface area contributed by atoms with Crippen LogP contribution in [0.2, 0.25) is 0 Å². The molecule has 0 aliphatic heterocycles. The number of hydrogen-bond acceptors (Lipinski definition) is 5. The third-order valence-corrected chi connectivity index (χ3v) is 3.23. The highest BCUT2D eigenvalue weighted by molar-refractivity contribution is 8.00. The minimum absolute atomic E-state index is 0.0386. The molecule has 1 aromatic carbocycles. The minimum Gasteiger partial charge on any atom is -0.461 e. The van der Waals surface area contributed by atoms with Gasteiger partial charge in [0.05, 0.1) is 16.9 Å². The summed E-state index contributed by atoms with van der Waals surface area (Å²) in [6, 6.07) is 9.35. The predicted octanol–water partition coefficient (Wildman–Crippen LogP) is 3.16. The maximum Gasteiger partial charge on any atom is 0.269 e. The van der Waals surface area contributed by atoms with Crippen LogP contribution < -0.4 is 0 Å². The number of rotatable bonds is 5. The molecule has 0 unspecified atom stereocenters. The summed E-state index contributed by atoms with van der Waals surface area (Å²) in [5.74, 6) is 0.457. The van der Waals surface area contributed by atoms with Crippen LogP contribution in [0.1, 0.15) is 10.6 Å². The van der Waals surface area contributed by atoms with E-state index in [1.54, 1.807) is 24.3 Å². The van der Waals surface area contributed by atoms with Gasteiger partial charge in [0.1, 0.15) is 0 Å². The number of hydrogen-bond donors (Lipinski definition) is 0. The Hall–Kier alpha value is -2.08. The summed E-state index contributed by atoms with van der Waals surface area (Å²) in [5.41, 5.74) is 0.0386. The summed E-state index contributed by atoms with van der Waals surface area (Å²) in [5, 5.41) is 10.5. The van der Waals surface area contributed by atoms with Gasteiger partial charge in [0.15, 0.2) is 5.76 Å². The van der Waals surface area contributed by atoms with Crippen LogP contribution in [0.5, 0.6) is 0 Å². The van der Waals surface area contributed by atoms with Crippen LogP contribution in [0, 0.1) is 10.1 Å². The van der Waals surface area contributed by atoms with Gasteiger partial charge in [-0.2, -0.15) is 0 Å². The van der Waals surface area contributed by atoms with E-state index in [9.17, 15) is 14.9 Å². The molecular weight excluding hydrogens is 254 g/mol. The maximum absolute atomic E-state index is 11.6. The highest BCUT2D eigenvalue weighted by Gasteiger charge is 2.10.